The summed E-state index contributed by atoms with van der Waals surface area (Å²) in [7, 11) is 0. The fourth-order valence-electron chi connectivity index (χ4n) is 3.78. The molecule has 0 aromatic heterocycles. The Balaban J connectivity index is 1.76. The minimum Gasteiger partial charge on any atom is -0.507 e. The molecule has 0 bridgehead atoms. The number of phenolic OH excluding ortho intramolecular Hbond substituents is 1. The minimum atomic E-state index is -1.75. The molecule has 11 nitrogen and oxygen atoms in total. The lowest BCUT2D eigenvalue weighted by Gasteiger charge is -2.39. The normalized spacial score (nSPS) is 26.9. The van der Waals surface area contributed by atoms with Crippen molar-refractivity contribution in [3.05, 3.63) is 58.1 Å². The second-order valence-electron chi connectivity index (χ2n) is 7.38. The third-order valence-electron chi connectivity index (χ3n) is 5.43. The summed E-state index contributed by atoms with van der Waals surface area (Å²) < 4.78 is 10.8. The first-order valence-corrected chi connectivity index (χ1v) is 9.45. The monoisotopic (exact) mass is 446 g/mol. The summed E-state index contributed by atoms with van der Waals surface area (Å²) in [5.74, 6) is -3.88. The first-order valence-electron chi connectivity index (χ1n) is 9.45. The number of phenols is 1. The van der Waals surface area contributed by atoms with Crippen molar-refractivity contribution in [2.75, 3.05) is 6.61 Å². The fourth-order valence-corrected chi connectivity index (χ4v) is 3.78. The molecular formula is C21H18O11. The smallest absolute Gasteiger partial charge is 0.335 e. The lowest BCUT2D eigenvalue weighted by atomic mass is 9.82. The standard InChI is InChI=1S/C21H18O11/c22-6-12-16(25)18(27)19(28)21(32-12)31-11-3-1-2-8-14(11)17(26)13-9(15(8)24)4-7(20(29)30)5-10(13)23/h1-5,12,16,18-19,21-23,25,27-28H,6H2,(H,29,30). The van der Waals surface area contributed by atoms with E-state index < -0.39 is 66.2 Å². The average Bonchev–Trinajstić information content (AvgIpc) is 2.77. The van der Waals surface area contributed by atoms with E-state index in [0.29, 0.717) is 0 Å². The quantitative estimate of drug-likeness (QED) is 0.289. The van der Waals surface area contributed by atoms with Crippen LogP contribution in [0.3, 0.4) is 0 Å². The SMILES string of the molecule is O=C(O)c1cc(O)c2c(c1)C(=O)c1cccc(OC3OC(CO)C(O)C(O)C3O)c1C2=O. The van der Waals surface area contributed by atoms with Crippen LogP contribution in [-0.2, 0) is 4.74 Å². The summed E-state index contributed by atoms with van der Waals surface area (Å²) >= 11 is 0. The molecule has 0 radical (unpaired) electrons. The van der Waals surface area contributed by atoms with Crippen molar-refractivity contribution in [3.63, 3.8) is 0 Å². The molecule has 2 aromatic rings. The number of benzene rings is 2. The molecule has 5 unspecified atom stereocenters. The number of aliphatic hydroxyl groups is 4. The zero-order valence-electron chi connectivity index (χ0n) is 16.2. The molecule has 1 fully saturated rings. The number of ether oxygens (including phenoxy) is 2. The van der Waals surface area contributed by atoms with E-state index in [0.717, 1.165) is 12.1 Å². The Bertz CT molecular complexity index is 1120. The van der Waals surface area contributed by atoms with E-state index in [1.54, 1.807) is 0 Å². The third kappa shape index (κ3) is 3.32. The van der Waals surface area contributed by atoms with Crippen LogP contribution in [0, 0.1) is 0 Å². The van der Waals surface area contributed by atoms with Crippen molar-refractivity contribution in [3.8, 4) is 11.5 Å². The Hall–Kier alpha value is -3.35. The van der Waals surface area contributed by atoms with E-state index in [1.165, 1.54) is 18.2 Å². The second kappa shape index (κ2) is 7.97. The number of carboxylic acid groups (broad SMARTS) is 1. The number of carbonyl (C=O) groups excluding carboxylic acids is 2. The molecule has 2 aliphatic rings. The van der Waals surface area contributed by atoms with E-state index in [1.807, 2.05) is 0 Å². The number of aromatic hydroxyl groups is 1. The number of carbonyl (C=O) groups is 3. The van der Waals surface area contributed by atoms with Gasteiger partial charge in [-0.3, -0.25) is 9.59 Å². The number of fused-ring (bicyclic) bond motifs is 2. The Morgan fingerprint density at radius 2 is 1.69 bits per heavy atom. The van der Waals surface area contributed by atoms with Gasteiger partial charge < -0.3 is 40.1 Å². The summed E-state index contributed by atoms with van der Waals surface area (Å²) in [4.78, 5) is 37.4. The summed E-state index contributed by atoms with van der Waals surface area (Å²) in [5.41, 5.74) is -1.46. The number of hydrogen-bond donors (Lipinski definition) is 6. The molecule has 0 spiro atoms. The van der Waals surface area contributed by atoms with E-state index >= 15 is 0 Å². The number of aliphatic hydroxyl groups excluding tert-OH is 4. The van der Waals surface area contributed by atoms with Crippen LogP contribution in [0.1, 0.15) is 42.2 Å². The number of aromatic carboxylic acids is 1. The third-order valence-corrected chi connectivity index (χ3v) is 5.43. The van der Waals surface area contributed by atoms with Crippen molar-refractivity contribution in [1.82, 2.24) is 0 Å². The van der Waals surface area contributed by atoms with Crippen molar-refractivity contribution in [2.45, 2.75) is 30.7 Å². The van der Waals surface area contributed by atoms with Crippen molar-refractivity contribution in [2.24, 2.45) is 0 Å². The van der Waals surface area contributed by atoms with Gasteiger partial charge in [0.15, 0.2) is 5.78 Å². The van der Waals surface area contributed by atoms with Crippen LogP contribution >= 0.6 is 0 Å². The Labute approximate surface area is 179 Å². The molecule has 4 rings (SSSR count). The molecule has 2 aromatic carbocycles. The largest absolute Gasteiger partial charge is 0.507 e. The predicted octanol–water partition coefficient (Wildman–Crippen LogP) is -0.956. The molecule has 1 aliphatic heterocycles. The highest BCUT2D eigenvalue weighted by atomic mass is 16.7. The van der Waals surface area contributed by atoms with E-state index in [-0.39, 0.29) is 28.0 Å². The van der Waals surface area contributed by atoms with Gasteiger partial charge in [-0.1, -0.05) is 12.1 Å². The van der Waals surface area contributed by atoms with Gasteiger partial charge in [-0.2, -0.15) is 0 Å². The van der Waals surface area contributed by atoms with Gasteiger partial charge in [-0.25, -0.2) is 4.79 Å². The molecule has 0 saturated carbocycles. The maximum absolute atomic E-state index is 13.2. The maximum atomic E-state index is 13.2. The van der Waals surface area contributed by atoms with E-state index in [2.05, 4.69) is 0 Å². The molecule has 11 heteroatoms. The Kier molecular flexibility index (Phi) is 5.44. The highest BCUT2D eigenvalue weighted by Gasteiger charge is 2.45. The van der Waals surface area contributed by atoms with Crippen LogP contribution in [0.25, 0.3) is 0 Å². The molecule has 1 heterocycles. The van der Waals surface area contributed by atoms with Crippen molar-refractivity contribution in [1.29, 1.82) is 0 Å². The number of hydrogen-bond acceptors (Lipinski definition) is 10. The van der Waals surface area contributed by atoms with Gasteiger partial charge in [0.1, 0.15) is 35.9 Å². The molecule has 1 saturated heterocycles. The first kappa shape index (κ1) is 21.9. The average molecular weight is 446 g/mol. The minimum absolute atomic E-state index is 0.133. The lowest BCUT2D eigenvalue weighted by Crippen LogP contribution is -2.60. The summed E-state index contributed by atoms with van der Waals surface area (Å²) in [5, 5.41) is 58.8. The van der Waals surface area contributed by atoms with Crippen LogP contribution in [0.5, 0.6) is 11.5 Å². The van der Waals surface area contributed by atoms with Crippen LogP contribution in [-0.4, -0.2) is 85.5 Å². The van der Waals surface area contributed by atoms with Gasteiger partial charge in [0.05, 0.1) is 23.3 Å². The number of ketones is 2. The molecular weight excluding hydrogens is 428 g/mol. The summed E-state index contributed by atoms with van der Waals surface area (Å²) in [6.07, 6.45) is -7.95. The molecule has 1 aliphatic carbocycles. The molecule has 5 atom stereocenters. The topological polar surface area (TPSA) is 191 Å². The molecule has 6 N–H and O–H groups in total. The molecule has 32 heavy (non-hydrogen) atoms. The van der Waals surface area contributed by atoms with E-state index in [4.69, 9.17) is 9.47 Å². The van der Waals surface area contributed by atoms with Crippen molar-refractivity contribution >= 4 is 17.5 Å². The fraction of sp³-hybridized carbons (Fsp3) is 0.286. The van der Waals surface area contributed by atoms with Crippen LogP contribution < -0.4 is 4.74 Å². The van der Waals surface area contributed by atoms with Gasteiger partial charge in [-0.05, 0) is 18.2 Å². The van der Waals surface area contributed by atoms with Gasteiger partial charge >= 0.3 is 5.97 Å². The summed E-state index contributed by atoms with van der Waals surface area (Å²) in [6.45, 7) is -0.692. The van der Waals surface area contributed by atoms with Gasteiger partial charge in [0.2, 0.25) is 12.1 Å². The first-order chi connectivity index (χ1) is 15.1. The highest BCUT2D eigenvalue weighted by Crippen LogP contribution is 2.38. The van der Waals surface area contributed by atoms with Gasteiger partial charge in [-0.15, -0.1) is 0 Å². The van der Waals surface area contributed by atoms with Gasteiger partial charge in [0, 0.05) is 11.1 Å². The number of rotatable bonds is 4. The summed E-state index contributed by atoms with van der Waals surface area (Å²) in [6, 6.07) is 5.81. The molecule has 0 amide bonds. The molecule has 168 valence electrons. The highest BCUT2D eigenvalue weighted by molar-refractivity contribution is 6.30. The Morgan fingerprint density at radius 1 is 0.969 bits per heavy atom. The zero-order chi connectivity index (χ0) is 23.3. The van der Waals surface area contributed by atoms with Crippen LogP contribution in [0.2, 0.25) is 0 Å². The lowest BCUT2D eigenvalue weighted by molar-refractivity contribution is -0.277. The van der Waals surface area contributed by atoms with Gasteiger partial charge in [0.25, 0.3) is 0 Å². The van der Waals surface area contributed by atoms with Crippen LogP contribution in [0.15, 0.2) is 30.3 Å². The number of carboxylic acids is 1. The Morgan fingerprint density at radius 3 is 2.34 bits per heavy atom. The second-order valence-corrected chi connectivity index (χ2v) is 7.38. The van der Waals surface area contributed by atoms with Crippen molar-refractivity contribution < 1.29 is 54.5 Å². The van der Waals surface area contributed by atoms with E-state index in [9.17, 15) is 45.0 Å². The maximum Gasteiger partial charge on any atom is 0.335 e. The van der Waals surface area contributed by atoms with Crippen LogP contribution in [0.4, 0.5) is 0 Å². The zero-order valence-corrected chi connectivity index (χ0v) is 16.2. The predicted molar refractivity (Wildman–Crippen MR) is 103 cm³/mol.